The van der Waals surface area contributed by atoms with Crippen molar-refractivity contribution >= 4 is 39.5 Å². The highest BCUT2D eigenvalue weighted by atomic mass is 79.9. The molecule has 0 saturated carbocycles. The summed E-state index contributed by atoms with van der Waals surface area (Å²) in [5.41, 5.74) is 1.61. The first-order valence-electron chi connectivity index (χ1n) is 5.99. The fraction of sp³-hybridized carbons (Fsp3) is 0.667. The summed E-state index contributed by atoms with van der Waals surface area (Å²) in [6.45, 7) is 0. The zero-order valence-corrected chi connectivity index (χ0v) is 12.7. The predicted molar refractivity (Wildman–Crippen MR) is 79.0 cm³/mol. The van der Waals surface area contributed by atoms with Gasteiger partial charge in [0.15, 0.2) is 0 Å². The summed E-state index contributed by atoms with van der Waals surface area (Å²) in [5, 5.41) is 11.2. The van der Waals surface area contributed by atoms with Crippen LogP contribution in [-0.4, -0.2) is 31.0 Å². The molecule has 2 atom stereocenters. The van der Waals surface area contributed by atoms with Crippen LogP contribution in [0.25, 0.3) is 0 Å². The van der Waals surface area contributed by atoms with Gasteiger partial charge in [-0.05, 0) is 36.8 Å². The highest BCUT2D eigenvalue weighted by Gasteiger charge is 2.49. The number of hydrogen-bond donors (Lipinski definition) is 2. The quantitative estimate of drug-likeness (QED) is 0.775. The van der Waals surface area contributed by atoms with Gasteiger partial charge in [-0.1, -0.05) is 15.9 Å². The van der Waals surface area contributed by atoms with Gasteiger partial charge in [0.1, 0.15) is 5.60 Å². The van der Waals surface area contributed by atoms with E-state index in [0.717, 1.165) is 18.4 Å². The lowest BCUT2D eigenvalue weighted by Crippen LogP contribution is -2.47. The fourth-order valence-electron chi connectivity index (χ4n) is 2.66. The van der Waals surface area contributed by atoms with Crippen LogP contribution < -0.4 is 0 Å². The van der Waals surface area contributed by atoms with E-state index in [-0.39, 0.29) is 9.41 Å². The van der Waals surface area contributed by atoms with E-state index in [9.17, 15) is 5.11 Å². The number of alkyl halides is 1. The minimum Gasteiger partial charge on any atom is -0.382 e. The summed E-state index contributed by atoms with van der Waals surface area (Å²) in [5.74, 6) is 2.33. The van der Waals surface area contributed by atoms with E-state index in [1.807, 2.05) is 29.7 Å². The Kier molecular flexibility index (Phi) is 3.54. The Morgan fingerprint density at radius 3 is 2.94 bits per heavy atom. The van der Waals surface area contributed by atoms with E-state index in [2.05, 4.69) is 27.0 Å². The van der Waals surface area contributed by atoms with Crippen LogP contribution in [0.2, 0.25) is 0 Å². The average molecular weight is 334 g/mol. The first-order chi connectivity index (χ1) is 8.23. The van der Waals surface area contributed by atoms with E-state index in [4.69, 9.17) is 0 Å². The summed E-state index contributed by atoms with van der Waals surface area (Å²) in [6.07, 6.45) is 5.25. The van der Waals surface area contributed by atoms with Gasteiger partial charge in [0.2, 0.25) is 0 Å². The second kappa shape index (κ2) is 4.83. The van der Waals surface area contributed by atoms with Crippen LogP contribution in [0, 0.1) is 0 Å². The first kappa shape index (κ1) is 12.5. The molecule has 0 aromatic carbocycles. The molecule has 2 aliphatic rings. The number of halogens is 1. The Bertz CT molecular complexity index is 405. The Morgan fingerprint density at radius 2 is 2.18 bits per heavy atom. The van der Waals surface area contributed by atoms with Crippen molar-refractivity contribution in [1.29, 1.82) is 0 Å². The summed E-state index contributed by atoms with van der Waals surface area (Å²) in [4.78, 5) is 3.44. The van der Waals surface area contributed by atoms with Crippen molar-refractivity contribution in [3.63, 3.8) is 0 Å². The van der Waals surface area contributed by atoms with Gasteiger partial charge in [0.05, 0.1) is 4.58 Å². The number of rotatable bonds is 1. The molecule has 2 heterocycles. The van der Waals surface area contributed by atoms with Gasteiger partial charge in [0.25, 0.3) is 0 Å². The molecule has 1 aromatic rings. The third kappa shape index (κ3) is 1.99. The molecule has 0 radical (unpaired) electrons. The number of thioether (sulfide) groups is 2. The molecule has 1 aliphatic carbocycles. The van der Waals surface area contributed by atoms with E-state index >= 15 is 0 Å². The molecule has 5 heteroatoms. The summed E-state index contributed by atoms with van der Waals surface area (Å²) < 4.78 is 0.260. The lowest BCUT2D eigenvalue weighted by Gasteiger charge is -2.43. The lowest BCUT2D eigenvalue weighted by atomic mass is 9.84. The third-order valence-electron chi connectivity index (χ3n) is 3.58. The Balaban J connectivity index is 1.99. The SMILES string of the molecule is OC1(C2SCCCS2)c2cc[nH]c2CCC1Br. The number of H-pyrrole nitrogens is 1. The van der Waals surface area contributed by atoms with Crippen molar-refractivity contribution in [1.82, 2.24) is 4.98 Å². The maximum absolute atomic E-state index is 11.2. The summed E-state index contributed by atoms with van der Waals surface area (Å²) >= 11 is 7.53. The Labute approximate surface area is 118 Å². The third-order valence-corrected chi connectivity index (χ3v) is 7.92. The van der Waals surface area contributed by atoms with Crippen molar-refractivity contribution < 1.29 is 5.11 Å². The van der Waals surface area contributed by atoms with Gasteiger partial charge in [-0.3, -0.25) is 0 Å². The van der Waals surface area contributed by atoms with Gasteiger partial charge in [0, 0.05) is 22.3 Å². The zero-order valence-electron chi connectivity index (χ0n) is 9.49. The van der Waals surface area contributed by atoms with Crippen molar-refractivity contribution in [3.05, 3.63) is 23.5 Å². The maximum atomic E-state index is 11.2. The molecule has 1 aliphatic heterocycles. The van der Waals surface area contributed by atoms with Gasteiger partial charge in [-0.25, -0.2) is 0 Å². The number of aliphatic hydroxyl groups is 1. The van der Waals surface area contributed by atoms with Gasteiger partial charge in [-0.15, -0.1) is 23.5 Å². The molecule has 0 spiro atoms. The van der Waals surface area contributed by atoms with Gasteiger partial charge in [-0.2, -0.15) is 0 Å². The monoisotopic (exact) mass is 333 g/mol. The van der Waals surface area contributed by atoms with E-state index in [1.54, 1.807) is 0 Å². The molecule has 17 heavy (non-hydrogen) atoms. The van der Waals surface area contributed by atoms with Crippen LogP contribution in [0.3, 0.4) is 0 Å². The van der Waals surface area contributed by atoms with Crippen molar-refractivity contribution in [2.45, 2.75) is 34.3 Å². The van der Waals surface area contributed by atoms with Crippen LogP contribution >= 0.6 is 39.5 Å². The number of fused-ring (bicyclic) bond motifs is 1. The molecule has 0 amide bonds. The number of hydrogen-bond acceptors (Lipinski definition) is 3. The topological polar surface area (TPSA) is 36.0 Å². The van der Waals surface area contributed by atoms with Crippen LogP contribution in [0.15, 0.2) is 12.3 Å². The minimum atomic E-state index is -0.719. The number of nitrogens with one attached hydrogen (secondary N) is 1. The van der Waals surface area contributed by atoms with Crippen LogP contribution in [-0.2, 0) is 12.0 Å². The van der Waals surface area contributed by atoms with Crippen molar-refractivity contribution in [2.75, 3.05) is 11.5 Å². The molecule has 0 bridgehead atoms. The van der Waals surface area contributed by atoms with E-state index in [1.165, 1.54) is 23.6 Å². The minimum absolute atomic E-state index is 0.168. The zero-order chi connectivity index (χ0) is 11.9. The van der Waals surface area contributed by atoms with Crippen LogP contribution in [0.4, 0.5) is 0 Å². The highest BCUT2D eigenvalue weighted by Crippen LogP contribution is 2.50. The van der Waals surface area contributed by atoms with Gasteiger partial charge >= 0.3 is 0 Å². The van der Waals surface area contributed by atoms with Crippen molar-refractivity contribution in [3.8, 4) is 0 Å². The number of aromatic nitrogens is 1. The van der Waals surface area contributed by atoms with E-state index in [0.29, 0.717) is 0 Å². The Morgan fingerprint density at radius 1 is 1.41 bits per heavy atom. The molecule has 2 nitrogen and oxygen atoms in total. The highest BCUT2D eigenvalue weighted by molar-refractivity contribution is 9.09. The van der Waals surface area contributed by atoms with Crippen molar-refractivity contribution in [2.24, 2.45) is 0 Å². The number of aryl methyl sites for hydroxylation is 1. The second-order valence-corrected chi connectivity index (χ2v) is 8.46. The van der Waals surface area contributed by atoms with Crippen LogP contribution in [0.5, 0.6) is 0 Å². The predicted octanol–water partition coefficient (Wildman–Crippen LogP) is 3.11. The maximum Gasteiger partial charge on any atom is 0.125 e. The largest absolute Gasteiger partial charge is 0.382 e. The average Bonchev–Trinajstić information content (AvgIpc) is 2.84. The molecule has 2 N–H and O–H groups in total. The molecule has 2 unspecified atom stereocenters. The standard InChI is InChI=1S/C12H16BrNOS2/c13-10-3-2-9-8(4-5-14-9)12(10,15)11-16-6-1-7-17-11/h4-5,10-11,14-15H,1-3,6-7H2. The van der Waals surface area contributed by atoms with E-state index < -0.39 is 5.60 Å². The molecule has 94 valence electrons. The molecule has 3 rings (SSSR count). The lowest BCUT2D eigenvalue weighted by molar-refractivity contribution is 0.0446. The molecular weight excluding hydrogens is 318 g/mol. The smallest absolute Gasteiger partial charge is 0.125 e. The van der Waals surface area contributed by atoms with Gasteiger partial charge < -0.3 is 10.1 Å². The molecule has 1 fully saturated rings. The van der Waals surface area contributed by atoms with Crippen LogP contribution in [0.1, 0.15) is 24.1 Å². The fourth-order valence-corrected chi connectivity index (χ4v) is 7.04. The summed E-state index contributed by atoms with van der Waals surface area (Å²) in [7, 11) is 0. The molecular formula is C12H16BrNOS2. The molecule has 1 aromatic heterocycles. The number of aromatic amines is 1. The normalized spacial score (nSPS) is 34.6. The summed E-state index contributed by atoms with van der Waals surface area (Å²) in [6, 6.07) is 2.05. The Hall–Kier alpha value is 0.420. The molecule has 1 saturated heterocycles. The second-order valence-electron chi connectivity index (χ2n) is 4.63. The first-order valence-corrected chi connectivity index (χ1v) is 9.00.